The third-order valence-corrected chi connectivity index (χ3v) is 5.89. The molecule has 3 atom stereocenters. The summed E-state index contributed by atoms with van der Waals surface area (Å²) < 4.78 is 5.92. The van der Waals surface area contributed by atoms with Crippen molar-refractivity contribution in [3.63, 3.8) is 0 Å². The Labute approximate surface area is 162 Å². The molecule has 1 saturated carbocycles. The molecule has 0 amide bonds. The Morgan fingerprint density at radius 3 is 2.67 bits per heavy atom. The van der Waals surface area contributed by atoms with Crippen LogP contribution in [0.5, 0.6) is 11.5 Å². The Bertz CT molecular complexity index is 660. The molecule has 0 heterocycles. The quantitative estimate of drug-likeness (QED) is 0.656. The van der Waals surface area contributed by atoms with Crippen LogP contribution in [0.25, 0.3) is 0 Å². The van der Waals surface area contributed by atoms with Crippen molar-refractivity contribution in [1.82, 2.24) is 0 Å². The second-order valence-corrected chi connectivity index (χ2v) is 8.24. The van der Waals surface area contributed by atoms with Crippen LogP contribution >= 0.6 is 0 Å². The number of Topliss-reactive ketones (excluding diaryl/α,β-unsaturated/α-hetero) is 1. The van der Waals surface area contributed by atoms with Gasteiger partial charge in [-0.2, -0.15) is 0 Å². The van der Waals surface area contributed by atoms with Crippen molar-refractivity contribution in [2.24, 2.45) is 11.8 Å². The number of carbonyl (C=O) groups excluding carboxylic acids is 1. The van der Waals surface area contributed by atoms with Gasteiger partial charge >= 0.3 is 0 Å². The summed E-state index contributed by atoms with van der Waals surface area (Å²) in [5.41, 5.74) is 0.982. The summed E-state index contributed by atoms with van der Waals surface area (Å²) in [7, 11) is 0. The predicted octanol–water partition coefficient (Wildman–Crippen LogP) is 4.57. The van der Waals surface area contributed by atoms with Gasteiger partial charge in [0.25, 0.3) is 0 Å². The molecule has 27 heavy (non-hydrogen) atoms. The number of phenols is 1. The molecule has 2 aliphatic carbocycles. The van der Waals surface area contributed by atoms with Gasteiger partial charge < -0.3 is 14.9 Å². The van der Waals surface area contributed by atoms with Gasteiger partial charge in [0.05, 0.1) is 12.2 Å². The summed E-state index contributed by atoms with van der Waals surface area (Å²) in [6.07, 6.45) is 11.5. The number of aliphatic hydroxyl groups is 1. The van der Waals surface area contributed by atoms with E-state index in [0.29, 0.717) is 24.5 Å². The van der Waals surface area contributed by atoms with E-state index in [-0.39, 0.29) is 30.0 Å². The van der Waals surface area contributed by atoms with Crippen LogP contribution in [-0.4, -0.2) is 28.2 Å². The highest BCUT2D eigenvalue weighted by molar-refractivity contribution is 5.79. The summed E-state index contributed by atoms with van der Waals surface area (Å²) in [4.78, 5) is 12.3. The number of ether oxygens (including phenoxy) is 1. The molecule has 0 spiro atoms. The standard InChI is InChI=1S/C23H32O4/c1-16-6-10-18(11-7-16)22(26)15-19(24)12-8-17-9-13-21(25)23(14-17)27-20-4-2-3-5-20/h6,9-10,13-14,16,18,20,22,25-26H,2-5,7-8,11-12,15H2,1H3. The third-order valence-electron chi connectivity index (χ3n) is 5.89. The second kappa shape index (κ2) is 9.41. The van der Waals surface area contributed by atoms with E-state index in [1.165, 1.54) is 12.8 Å². The minimum Gasteiger partial charge on any atom is -0.504 e. The van der Waals surface area contributed by atoms with E-state index in [4.69, 9.17) is 4.74 Å². The van der Waals surface area contributed by atoms with Crippen molar-refractivity contribution in [3.8, 4) is 11.5 Å². The van der Waals surface area contributed by atoms with Gasteiger partial charge in [-0.1, -0.05) is 25.1 Å². The minimum atomic E-state index is -0.581. The van der Waals surface area contributed by atoms with E-state index in [2.05, 4.69) is 19.1 Å². The lowest BCUT2D eigenvalue weighted by Crippen LogP contribution is -2.24. The summed E-state index contributed by atoms with van der Waals surface area (Å²) >= 11 is 0. The first-order valence-electron chi connectivity index (χ1n) is 10.4. The molecule has 0 aromatic heterocycles. The van der Waals surface area contributed by atoms with Crippen molar-refractivity contribution in [2.45, 2.75) is 76.9 Å². The van der Waals surface area contributed by atoms with Gasteiger partial charge in [0.15, 0.2) is 11.5 Å². The highest BCUT2D eigenvalue weighted by Gasteiger charge is 2.23. The molecule has 1 fully saturated rings. The first kappa shape index (κ1) is 19.9. The van der Waals surface area contributed by atoms with Gasteiger partial charge in [0, 0.05) is 18.8 Å². The van der Waals surface area contributed by atoms with Crippen LogP contribution in [0.1, 0.15) is 63.9 Å². The van der Waals surface area contributed by atoms with Gasteiger partial charge in [-0.25, -0.2) is 0 Å². The van der Waals surface area contributed by atoms with E-state index < -0.39 is 6.10 Å². The Morgan fingerprint density at radius 1 is 1.19 bits per heavy atom. The predicted molar refractivity (Wildman–Crippen MR) is 106 cm³/mol. The van der Waals surface area contributed by atoms with E-state index in [0.717, 1.165) is 31.2 Å². The number of aromatic hydroxyl groups is 1. The maximum atomic E-state index is 12.3. The van der Waals surface area contributed by atoms with Crippen LogP contribution < -0.4 is 4.74 Å². The number of aryl methyl sites for hydroxylation is 1. The summed E-state index contributed by atoms with van der Waals surface area (Å²) in [5, 5.41) is 20.4. The molecule has 0 radical (unpaired) electrons. The van der Waals surface area contributed by atoms with Crippen LogP contribution in [0, 0.1) is 11.8 Å². The number of rotatable bonds is 8. The third kappa shape index (κ3) is 5.83. The van der Waals surface area contributed by atoms with Crippen LogP contribution in [0.15, 0.2) is 30.4 Å². The van der Waals surface area contributed by atoms with E-state index >= 15 is 0 Å². The number of aliphatic hydroxyl groups excluding tert-OH is 1. The van der Waals surface area contributed by atoms with Crippen molar-refractivity contribution in [1.29, 1.82) is 0 Å². The molecule has 1 aromatic rings. The van der Waals surface area contributed by atoms with Gasteiger partial charge in [-0.15, -0.1) is 0 Å². The number of allylic oxidation sites excluding steroid dienone is 1. The van der Waals surface area contributed by atoms with Crippen LogP contribution in [-0.2, 0) is 11.2 Å². The second-order valence-electron chi connectivity index (χ2n) is 8.24. The summed E-state index contributed by atoms with van der Waals surface area (Å²) in [6.45, 7) is 2.17. The van der Waals surface area contributed by atoms with E-state index in [1.807, 2.05) is 12.1 Å². The minimum absolute atomic E-state index is 0.0841. The van der Waals surface area contributed by atoms with E-state index in [9.17, 15) is 15.0 Å². The molecule has 2 N–H and O–H groups in total. The largest absolute Gasteiger partial charge is 0.504 e. The van der Waals surface area contributed by atoms with Crippen LogP contribution in [0.2, 0.25) is 0 Å². The zero-order chi connectivity index (χ0) is 19.2. The number of ketones is 1. The summed E-state index contributed by atoms with van der Waals surface area (Å²) in [6, 6.07) is 5.33. The molecule has 0 aliphatic heterocycles. The highest BCUT2D eigenvalue weighted by Crippen LogP contribution is 2.32. The van der Waals surface area contributed by atoms with Crippen LogP contribution in [0.4, 0.5) is 0 Å². The maximum absolute atomic E-state index is 12.3. The number of carbonyl (C=O) groups is 1. The molecular weight excluding hydrogens is 340 g/mol. The fraction of sp³-hybridized carbons (Fsp3) is 0.609. The molecule has 2 aliphatic rings. The molecule has 4 heteroatoms. The molecular formula is C23H32O4. The van der Waals surface area contributed by atoms with Crippen LogP contribution in [0.3, 0.4) is 0 Å². The Morgan fingerprint density at radius 2 is 1.96 bits per heavy atom. The molecule has 148 valence electrons. The topological polar surface area (TPSA) is 66.8 Å². The molecule has 3 rings (SSSR count). The van der Waals surface area contributed by atoms with Crippen molar-refractivity contribution >= 4 is 5.78 Å². The van der Waals surface area contributed by atoms with Gasteiger partial charge in [0.2, 0.25) is 0 Å². The first-order chi connectivity index (χ1) is 13.0. The average molecular weight is 373 g/mol. The van der Waals surface area contributed by atoms with Gasteiger partial charge in [-0.3, -0.25) is 4.79 Å². The fourth-order valence-corrected chi connectivity index (χ4v) is 4.07. The lowest BCUT2D eigenvalue weighted by molar-refractivity contribution is -0.121. The Balaban J connectivity index is 1.48. The molecule has 0 bridgehead atoms. The molecule has 4 nitrogen and oxygen atoms in total. The Hall–Kier alpha value is -1.81. The SMILES string of the molecule is CC1C=CC(C(O)CC(=O)CCc2ccc(O)c(OC3CCCC3)c2)CC1. The highest BCUT2D eigenvalue weighted by atomic mass is 16.5. The first-order valence-corrected chi connectivity index (χ1v) is 10.4. The summed E-state index contributed by atoms with van der Waals surface area (Å²) in [5.74, 6) is 1.43. The zero-order valence-electron chi connectivity index (χ0n) is 16.3. The normalized spacial score (nSPS) is 24.1. The average Bonchev–Trinajstić information content (AvgIpc) is 3.16. The number of phenolic OH excluding ortho intramolecular Hbond substituents is 1. The van der Waals surface area contributed by atoms with Gasteiger partial charge in [0.1, 0.15) is 5.78 Å². The monoisotopic (exact) mass is 372 g/mol. The van der Waals surface area contributed by atoms with Gasteiger partial charge in [-0.05, 0) is 68.6 Å². The smallest absolute Gasteiger partial charge is 0.161 e. The molecule has 1 aromatic carbocycles. The maximum Gasteiger partial charge on any atom is 0.161 e. The lowest BCUT2D eigenvalue weighted by Gasteiger charge is -2.24. The molecule has 3 unspecified atom stereocenters. The van der Waals surface area contributed by atoms with E-state index in [1.54, 1.807) is 6.07 Å². The number of hydrogen-bond acceptors (Lipinski definition) is 4. The Kier molecular flexibility index (Phi) is 6.95. The molecule has 0 saturated heterocycles. The van der Waals surface area contributed by atoms with Crippen molar-refractivity contribution < 1.29 is 19.7 Å². The number of hydrogen-bond donors (Lipinski definition) is 2. The lowest BCUT2D eigenvalue weighted by atomic mass is 9.84. The number of benzene rings is 1. The zero-order valence-corrected chi connectivity index (χ0v) is 16.3. The van der Waals surface area contributed by atoms with Crippen molar-refractivity contribution in [2.75, 3.05) is 0 Å². The van der Waals surface area contributed by atoms with Crippen molar-refractivity contribution in [3.05, 3.63) is 35.9 Å². The fourth-order valence-electron chi connectivity index (χ4n) is 4.07.